The fourth-order valence-electron chi connectivity index (χ4n) is 1.63. The van der Waals surface area contributed by atoms with Gasteiger partial charge in [0.15, 0.2) is 0 Å². The molecule has 0 atom stereocenters. The van der Waals surface area contributed by atoms with Crippen molar-refractivity contribution in [2.45, 2.75) is 6.92 Å². The number of carboxylic acid groups (broad SMARTS) is 1. The summed E-state index contributed by atoms with van der Waals surface area (Å²) in [5.74, 6) is -2.05. The summed E-state index contributed by atoms with van der Waals surface area (Å²) in [4.78, 5) is 15.2. The van der Waals surface area contributed by atoms with Crippen molar-refractivity contribution in [2.75, 3.05) is 11.1 Å². The number of carboxylic acids is 1. The number of hydrogen-bond donors (Lipinski definition) is 3. The Balaban J connectivity index is 2.42. The standard InChI is InChI=1S/C13H12FN3O2/c1-7-2-3-8(6-16-7)17-10-5-4-9(14)12(15)11(10)13(18)19/h2-6,17H,15H2,1H3,(H,18,19). The third-order valence-corrected chi connectivity index (χ3v) is 2.60. The molecule has 0 spiro atoms. The van der Waals surface area contributed by atoms with Gasteiger partial charge in [0.05, 0.1) is 23.3 Å². The molecule has 1 heterocycles. The van der Waals surface area contributed by atoms with E-state index >= 15 is 0 Å². The minimum Gasteiger partial charge on any atom is -0.478 e. The molecule has 2 rings (SSSR count). The number of halogens is 1. The molecule has 2 aromatic rings. The highest BCUT2D eigenvalue weighted by molar-refractivity contribution is 6.00. The van der Waals surface area contributed by atoms with E-state index in [-0.39, 0.29) is 11.3 Å². The molecule has 0 radical (unpaired) electrons. The highest BCUT2D eigenvalue weighted by atomic mass is 19.1. The highest BCUT2D eigenvalue weighted by Gasteiger charge is 2.17. The van der Waals surface area contributed by atoms with Gasteiger partial charge in [-0.05, 0) is 31.2 Å². The van der Waals surface area contributed by atoms with Gasteiger partial charge in [0.2, 0.25) is 0 Å². The highest BCUT2D eigenvalue weighted by Crippen LogP contribution is 2.27. The molecular formula is C13H12FN3O2. The van der Waals surface area contributed by atoms with E-state index in [1.54, 1.807) is 18.3 Å². The Kier molecular flexibility index (Phi) is 3.33. The van der Waals surface area contributed by atoms with E-state index in [0.717, 1.165) is 11.8 Å². The van der Waals surface area contributed by atoms with Crippen LogP contribution in [0, 0.1) is 12.7 Å². The molecule has 6 heteroatoms. The van der Waals surface area contributed by atoms with E-state index in [0.29, 0.717) is 5.69 Å². The Bertz CT molecular complexity index is 627. The molecule has 0 aliphatic heterocycles. The molecule has 5 nitrogen and oxygen atoms in total. The number of benzene rings is 1. The second-order valence-electron chi connectivity index (χ2n) is 4.00. The minimum absolute atomic E-state index is 0.219. The number of anilines is 3. The van der Waals surface area contributed by atoms with Crippen molar-refractivity contribution in [3.8, 4) is 0 Å². The average molecular weight is 261 g/mol. The van der Waals surface area contributed by atoms with Crippen molar-refractivity contribution >= 4 is 23.0 Å². The smallest absolute Gasteiger partial charge is 0.340 e. The van der Waals surface area contributed by atoms with Crippen molar-refractivity contribution in [3.63, 3.8) is 0 Å². The summed E-state index contributed by atoms with van der Waals surface area (Å²) >= 11 is 0. The van der Waals surface area contributed by atoms with Crippen LogP contribution in [0.15, 0.2) is 30.5 Å². The van der Waals surface area contributed by atoms with Crippen LogP contribution in [0.2, 0.25) is 0 Å². The molecule has 19 heavy (non-hydrogen) atoms. The molecule has 98 valence electrons. The van der Waals surface area contributed by atoms with Crippen molar-refractivity contribution in [3.05, 3.63) is 47.5 Å². The third-order valence-electron chi connectivity index (χ3n) is 2.60. The predicted octanol–water partition coefficient (Wildman–Crippen LogP) is 2.55. The van der Waals surface area contributed by atoms with Crippen LogP contribution in [0.4, 0.5) is 21.5 Å². The summed E-state index contributed by atoms with van der Waals surface area (Å²) in [5.41, 5.74) is 6.42. The first-order valence-corrected chi connectivity index (χ1v) is 5.50. The van der Waals surface area contributed by atoms with Gasteiger partial charge in [-0.2, -0.15) is 0 Å². The Labute approximate surface area is 108 Å². The van der Waals surface area contributed by atoms with Crippen molar-refractivity contribution in [1.29, 1.82) is 0 Å². The van der Waals surface area contributed by atoms with Crippen molar-refractivity contribution in [1.82, 2.24) is 4.98 Å². The van der Waals surface area contributed by atoms with Gasteiger partial charge < -0.3 is 16.2 Å². The Morgan fingerprint density at radius 2 is 2.11 bits per heavy atom. The molecule has 4 N–H and O–H groups in total. The maximum atomic E-state index is 13.3. The summed E-state index contributed by atoms with van der Waals surface area (Å²) in [7, 11) is 0. The van der Waals surface area contributed by atoms with Crippen LogP contribution in [0.3, 0.4) is 0 Å². The van der Waals surface area contributed by atoms with Gasteiger partial charge >= 0.3 is 5.97 Å². The van der Waals surface area contributed by atoms with Crippen LogP contribution in [0.1, 0.15) is 16.1 Å². The quantitative estimate of drug-likeness (QED) is 0.739. The van der Waals surface area contributed by atoms with Crippen LogP contribution in [0.25, 0.3) is 0 Å². The van der Waals surface area contributed by atoms with Crippen LogP contribution in [-0.4, -0.2) is 16.1 Å². The van der Waals surface area contributed by atoms with Gasteiger partial charge in [0, 0.05) is 5.69 Å². The number of nitrogens with two attached hydrogens (primary N) is 1. The summed E-state index contributed by atoms with van der Waals surface area (Å²) in [5, 5.41) is 11.9. The summed E-state index contributed by atoms with van der Waals surface area (Å²) < 4.78 is 13.3. The van der Waals surface area contributed by atoms with Gasteiger partial charge in [0.25, 0.3) is 0 Å². The second-order valence-corrected chi connectivity index (χ2v) is 4.00. The van der Waals surface area contributed by atoms with Gasteiger partial charge in [-0.25, -0.2) is 9.18 Å². The topological polar surface area (TPSA) is 88.2 Å². The maximum absolute atomic E-state index is 13.3. The zero-order valence-electron chi connectivity index (χ0n) is 10.1. The normalized spacial score (nSPS) is 10.2. The largest absolute Gasteiger partial charge is 0.478 e. The Morgan fingerprint density at radius 1 is 1.37 bits per heavy atom. The Morgan fingerprint density at radius 3 is 2.68 bits per heavy atom. The minimum atomic E-state index is -1.29. The fourth-order valence-corrected chi connectivity index (χ4v) is 1.63. The van der Waals surface area contributed by atoms with Crippen LogP contribution < -0.4 is 11.1 Å². The summed E-state index contributed by atoms with van der Waals surface area (Å²) in [6.07, 6.45) is 1.56. The van der Waals surface area contributed by atoms with Crippen molar-refractivity contribution < 1.29 is 14.3 Å². The number of nitrogens with one attached hydrogen (secondary N) is 1. The molecule has 1 aromatic carbocycles. The lowest BCUT2D eigenvalue weighted by atomic mass is 10.1. The Hall–Kier alpha value is -2.63. The van der Waals surface area contributed by atoms with Gasteiger partial charge in [-0.1, -0.05) is 0 Å². The number of nitrogens with zero attached hydrogens (tertiary/aromatic N) is 1. The zero-order chi connectivity index (χ0) is 14.0. The van der Waals surface area contributed by atoms with Crippen LogP contribution >= 0.6 is 0 Å². The molecule has 0 amide bonds. The number of aromatic nitrogens is 1. The molecule has 0 fully saturated rings. The fraction of sp³-hybridized carbons (Fsp3) is 0.0769. The number of carbonyl (C=O) groups is 1. The monoisotopic (exact) mass is 261 g/mol. The van der Waals surface area contributed by atoms with E-state index in [4.69, 9.17) is 10.8 Å². The maximum Gasteiger partial charge on any atom is 0.340 e. The number of rotatable bonds is 3. The molecule has 0 bridgehead atoms. The first-order chi connectivity index (χ1) is 8.99. The van der Waals surface area contributed by atoms with E-state index in [1.807, 2.05) is 6.92 Å². The predicted molar refractivity (Wildman–Crippen MR) is 70.0 cm³/mol. The molecule has 1 aromatic heterocycles. The SMILES string of the molecule is Cc1ccc(Nc2ccc(F)c(N)c2C(=O)O)cn1. The van der Waals surface area contributed by atoms with E-state index in [2.05, 4.69) is 10.3 Å². The first-order valence-electron chi connectivity index (χ1n) is 5.50. The molecular weight excluding hydrogens is 249 g/mol. The van der Waals surface area contributed by atoms with Gasteiger partial charge in [-0.3, -0.25) is 4.98 Å². The van der Waals surface area contributed by atoms with Crippen LogP contribution in [0.5, 0.6) is 0 Å². The second kappa shape index (κ2) is 4.93. The van der Waals surface area contributed by atoms with Crippen molar-refractivity contribution in [2.24, 2.45) is 0 Å². The van der Waals surface area contributed by atoms with E-state index in [9.17, 15) is 9.18 Å². The van der Waals surface area contributed by atoms with Crippen LogP contribution in [-0.2, 0) is 0 Å². The number of nitrogen functional groups attached to an aromatic ring is 1. The summed E-state index contributed by atoms with van der Waals surface area (Å²) in [6, 6.07) is 5.96. The third kappa shape index (κ3) is 2.62. The average Bonchev–Trinajstić information content (AvgIpc) is 2.36. The molecule has 0 unspecified atom stereocenters. The lowest BCUT2D eigenvalue weighted by Gasteiger charge is -2.11. The zero-order valence-corrected chi connectivity index (χ0v) is 10.1. The molecule has 0 saturated carbocycles. The number of hydrogen-bond acceptors (Lipinski definition) is 4. The molecule has 0 aliphatic rings. The lowest BCUT2D eigenvalue weighted by molar-refractivity contribution is 0.0698. The lowest BCUT2D eigenvalue weighted by Crippen LogP contribution is -2.08. The van der Waals surface area contributed by atoms with Gasteiger partial charge in [0.1, 0.15) is 11.4 Å². The summed E-state index contributed by atoms with van der Waals surface area (Å²) in [6.45, 7) is 1.84. The number of pyridine rings is 1. The van der Waals surface area contributed by atoms with Gasteiger partial charge in [-0.15, -0.1) is 0 Å². The molecule has 0 aliphatic carbocycles. The van der Waals surface area contributed by atoms with E-state index in [1.165, 1.54) is 6.07 Å². The number of aromatic carboxylic acids is 1. The van der Waals surface area contributed by atoms with E-state index < -0.39 is 17.5 Å². The first kappa shape index (κ1) is 12.8. The number of aryl methyl sites for hydroxylation is 1. The molecule has 0 saturated heterocycles.